The predicted octanol–water partition coefficient (Wildman–Crippen LogP) is -2.02. The molecular weight excluding hydrogens is 191 g/mol. The van der Waals surface area contributed by atoms with Crippen molar-refractivity contribution in [1.29, 1.82) is 0 Å². The highest BCUT2D eigenvalue weighted by Crippen LogP contribution is 2.12. The van der Waals surface area contributed by atoms with Gasteiger partial charge in [-0.15, -0.1) is 0 Å². The second-order valence-electron chi connectivity index (χ2n) is 2.88. The van der Waals surface area contributed by atoms with Crippen LogP contribution in [0.25, 0.3) is 0 Å². The summed E-state index contributed by atoms with van der Waals surface area (Å²) in [5.74, 6) is -1.61. The molecule has 76 valence electrons. The molecule has 0 aromatic heterocycles. The summed E-state index contributed by atoms with van der Waals surface area (Å²) in [6.07, 6.45) is -3.81. The molecule has 7 heteroatoms. The number of hydrogen-bond donors (Lipinski definition) is 2. The standard InChI is InChI=1S/C7H9BO6/c8-7(12)14-2-4-6(11)5(10)3(9)1-13-4/h4-6,10-11H,1-2H2/t4-,5?,6+/m1/s1. The molecule has 6 nitrogen and oxygen atoms in total. The maximum absolute atomic E-state index is 10.8. The molecule has 3 atom stereocenters. The summed E-state index contributed by atoms with van der Waals surface area (Å²) < 4.78 is 9.20. The predicted molar refractivity (Wildman–Crippen MR) is 43.9 cm³/mol. The first-order chi connectivity index (χ1) is 6.52. The number of ether oxygens (including phenoxy) is 2. The number of rotatable bonds is 2. The molecule has 1 aliphatic heterocycles. The molecule has 1 rings (SSSR count). The van der Waals surface area contributed by atoms with Gasteiger partial charge in [0.25, 0.3) is 0 Å². The van der Waals surface area contributed by atoms with Crippen molar-refractivity contribution in [1.82, 2.24) is 0 Å². The summed E-state index contributed by atoms with van der Waals surface area (Å²) in [7, 11) is 4.69. The van der Waals surface area contributed by atoms with Crippen LogP contribution in [0.15, 0.2) is 0 Å². The second-order valence-corrected chi connectivity index (χ2v) is 2.88. The Hall–Kier alpha value is -0.915. The molecule has 1 unspecified atom stereocenters. The lowest BCUT2D eigenvalue weighted by Gasteiger charge is -2.30. The monoisotopic (exact) mass is 200 g/mol. The van der Waals surface area contributed by atoms with Gasteiger partial charge >= 0.3 is 0 Å². The molecule has 14 heavy (non-hydrogen) atoms. The highest BCUT2D eigenvalue weighted by Gasteiger charge is 2.37. The summed E-state index contributed by atoms with van der Waals surface area (Å²) >= 11 is 0. The highest BCUT2D eigenvalue weighted by atomic mass is 16.6. The largest absolute Gasteiger partial charge is 0.472 e. The van der Waals surface area contributed by atoms with E-state index in [2.05, 4.69) is 12.6 Å². The zero-order chi connectivity index (χ0) is 10.7. The van der Waals surface area contributed by atoms with Crippen molar-refractivity contribution in [3.63, 3.8) is 0 Å². The van der Waals surface area contributed by atoms with Crippen molar-refractivity contribution in [3.8, 4) is 0 Å². The number of hydrogen-bond acceptors (Lipinski definition) is 6. The summed E-state index contributed by atoms with van der Waals surface area (Å²) in [5.41, 5.74) is 0. The van der Waals surface area contributed by atoms with Crippen molar-refractivity contribution in [2.24, 2.45) is 0 Å². The SMILES string of the molecule is [B]C(=O)OC[C@H]1OCC(=O)C(O)[C@H]1O. The van der Waals surface area contributed by atoms with E-state index in [-0.39, 0.29) is 13.2 Å². The average molecular weight is 200 g/mol. The number of aliphatic hydroxyl groups excluding tert-OH is 2. The molecule has 0 aromatic carbocycles. The van der Waals surface area contributed by atoms with Crippen LogP contribution in [-0.2, 0) is 14.3 Å². The molecule has 0 saturated carbocycles. The average Bonchev–Trinajstić information content (AvgIpc) is 2.13. The van der Waals surface area contributed by atoms with Crippen LogP contribution in [0.5, 0.6) is 0 Å². The lowest BCUT2D eigenvalue weighted by molar-refractivity contribution is -0.170. The molecule has 2 radical (unpaired) electrons. The van der Waals surface area contributed by atoms with Crippen LogP contribution in [0.4, 0.5) is 4.79 Å². The molecule has 0 aromatic rings. The lowest BCUT2D eigenvalue weighted by Crippen LogP contribution is -2.52. The van der Waals surface area contributed by atoms with E-state index >= 15 is 0 Å². The summed E-state index contributed by atoms with van der Waals surface area (Å²) in [6.45, 7) is -0.605. The maximum atomic E-state index is 10.8. The third-order valence-corrected chi connectivity index (χ3v) is 1.86. The Morgan fingerprint density at radius 2 is 2.29 bits per heavy atom. The lowest BCUT2D eigenvalue weighted by atomic mass is 10.0. The van der Waals surface area contributed by atoms with Gasteiger partial charge in [0, 0.05) is 0 Å². The second kappa shape index (κ2) is 4.54. The maximum Gasteiger partial charge on any atom is 0.235 e. The Labute approximate surface area is 81.2 Å². The molecule has 1 heterocycles. The fraction of sp³-hybridized carbons (Fsp3) is 0.714. The Morgan fingerprint density at radius 3 is 2.86 bits per heavy atom. The number of aliphatic hydroxyl groups is 2. The Bertz CT molecular complexity index is 242. The Kier molecular flexibility index (Phi) is 3.62. The minimum absolute atomic E-state index is 0.291. The van der Waals surface area contributed by atoms with Crippen LogP contribution < -0.4 is 0 Å². The van der Waals surface area contributed by atoms with Crippen LogP contribution in [0.1, 0.15) is 0 Å². The van der Waals surface area contributed by atoms with Crippen LogP contribution in [-0.4, -0.2) is 61.2 Å². The minimum atomic E-state index is -1.50. The van der Waals surface area contributed by atoms with Gasteiger partial charge in [-0.25, -0.2) is 0 Å². The first-order valence-corrected chi connectivity index (χ1v) is 3.95. The van der Waals surface area contributed by atoms with Gasteiger partial charge in [0.05, 0.1) is 0 Å². The third kappa shape index (κ3) is 2.54. The molecule has 1 aliphatic rings. The fourth-order valence-corrected chi connectivity index (χ4v) is 1.08. The first-order valence-electron chi connectivity index (χ1n) is 3.95. The quantitative estimate of drug-likeness (QED) is 0.500. The molecule has 0 bridgehead atoms. The Morgan fingerprint density at radius 1 is 1.64 bits per heavy atom. The van der Waals surface area contributed by atoms with Gasteiger partial charge < -0.3 is 19.7 Å². The van der Waals surface area contributed by atoms with E-state index in [1.54, 1.807) is 0 Å². The van der Waals surface area contributed by atoms with Gasteiger partial charge in [-0.3, -0.25) is 9.59 Å². The fourth-order valence-electron chi connectivity index (χ4n) is 1.08. The molecule has 0 amide bonds. The van der Waals surface area contributed by atoms with E-state index in [1.807, 2.05) is 0 Å². The molecule has 0 spiro atoms. The number of carbonyl (C=O) groups is 2. The summed E-state index contributed by atoms with van der Waals surface area (Å²) in [4.78, 5) is 21.0. The third-order valence-electron chi connectivity index (χ3n) is 1.86. The van der Waals surface area contributed by atoms with E-state index in [9.17, 15) is 14.7 Å². The first kappa shape index (κ1) is 11.2. The van der Waals surface area contributed by atoms with Crippen LogP contribution in [0.2, 0.25) is 0 Å². The van der Waals surface area contributed by atoms with E-state index in [1.165, 1.54) is 0 Å². The zero-order valence-electron chi connectivity index (χ0n) is 7.25. The van der Waals surface area contributed by atoms with Crippen LogP contribution >= 0.6 is 0 Å². The number of carbonyl (C=O) groups excluding carboxylic acids is 2. The van der Waals surface area contributed by atoms with Gasteiger partial charge in [0.2, 0.25) is 13.7 Å². The topological polar surface area (TPSA) is 93.1 Å². The van der Waals surface area contributed by atoms with Gasteiger partial charge in [-0.2, -0.15) is 0 Å². The van der Waals surface area contributed by atoms with Gasteiger partial charge in [0.15, 0.2) is 5.78 Å². The number of Topliss-reactive ketones (excluding diaryl/α,β-unsaturated/α-hetero) is 1. The Balaban J connectivity index is 2.46. The minimum Gasteiger partial charge on any atom is -0.472 e. The highest BCUT2D eigenvalue weighted by molar-refractivity contribution is 6.55. The zero-order valence-corrected chi connectivity index (χ0v) is 7.25. The van der Waals surface area contributed by atoms with E-state index < -0.39 is 30.0 Å². The van der Waals surface area contributed by atoms with Gasteiger partial charge in [-0.05, 0) is 0 Å². The van der Waals surface area contributed by atoms with Crippen LogP contribution in [0.3, 0.4) is 0 Å². The normalized spacial score (nSPS) is 32.7. The number of ketones is 1. The van der Waals surface area contributed by atoms with E-state index in [0.717, 1.165) is 0 Å². The molecule has 2 N–H and O–H groups in total. The van der Waals surface area contributed by atoms with Crippen molar-refractivity contribution in [3.05, 3.63) is 0 Å². The summed E-state index contributed by atoms with van der Waals surface area (Å²) in [6, 6.07) is 0. The smallest absolute Gasteiger partial charge is 0.235 e. The van der Waals surface area contributed by atoms with Gasteiger partial charge in [0.1, 0.15) is 31.5 Å². The van der Waals surface area contributed by atoms with Crippen molar-refractivity contribution in [2.75, 3.05) is 13.2 Å². The van der Waals surface area contributed by atoms with Crippen LogP contribution in [0, 0.1) is 0 Å². The molecule has 1 fully saturated rings. The summed E-state index contributed by atoms with van der Waals surface area (Å²) in [5, 5.41) is 18.4. The van der Waals surface area contributed by atoms with E-state index in [0.29, 0.717) is 0 Å². The molecule has 1 saturated heterocycles. The molecule has 0 aliphatic carbocycles. The van der Waals surface area contributed by atoms with Crippen molar-refractivity contribution < 1.29 is 29.3 Å². The molecular formula is C7H9BO6. The van der Waals surface area contributed by atoms with Crippen molar-refractivity contribution >= 4 is 19.5 Å². The van der Waals surface area contributed by atoms with Crippen molar-refractivity contribution in [2.45, 2.75) is 18.3 Å². The van der Waals surface area contributed by atoms with E-state index in [4.69, 9.17) is 9.84 Å². The van der Waals surface area contributed by atoms with Gasteiger partial charge in [-0.1, -0.05) is 0 Å².